The van der Waals surface area contributed by atoms with Gasteiger partial charge in [0.25, 0.3) is 0 Å². The number of nitrogens with one attached hydrogen (secondary N) is 1. The van der Waals surface area contributed by atoms with Crippen LogP contribution in [0.2, 0.25) is 0 Å². The number of amides is 1. The molecule has 0 saturated heterocycles. The van der Waals surface area contributed by atoms with Crippen LogP contribution in [-0.4, -0.2) is 19.5 Å². The molecule has 1 N–H and O–H groups in total. The van der Waals surface area contributed by atoms with Gasteiger partial charge in [-0.05, 0) is 24.3 Å². The fourth-order valence-corrected chi connectivity index (χ4v) is 0.814. The predicted octanol–water partition coefficient (Wildman–Crippen LogP) is 1.68. The summed E-state index contributed by atoms with van der Waals surface area (Å²) >= 11 is 0. The molecule has 0 aliphatic carbocycles. The molecule has 0 unspecified atom stereocenters. The van der Waals surface area contributed by atoms with E-state index in [1.807, 2.05) is 0 Å². The van der Waals surface area contributed by atoms with Gasteiger partial charge in [-0.15, -0.1) is 0 Å². The highest BCUT2D eigenvalue weighted by Gasteiger charge is 1.99. The smallest absolute Gasteiger partial charge is 0.411 e. The molecular weight excluding hydrogens is 170 g/mol. The van der Waals surface area contributed by atoms with E-state index < -0.39 is 6.09 Å². The summed E-state index contributed by atoms with van der Waals surface area (Å²) in [5.41, 5.74) is 1.16. The number of aldehydes is 1. The fourth-order valence-electron chi connectivity index (χ4n) is 0.814. The van der Waals surface area contributed by atoms with E-state index >= 15 is 0 Å². The Labute approximate surface area is 75.5 Å². The fraction of sp³-hybridized carbons (Fsp3) is 0.111. The van der Waals surface area contributed by atoms with Crippen molar-refractivity contribution in [2.75, 3.05) is 12.4 Å². The quantitative estimate of drug-likeness (QED) is 0.702. The third kappa shape index (κ3) is 2.59. The maximum atomic E-state index is 10.7. The summed E-state index contributed by atoms with van der Waals surface area (Å²) in [5, 5.41) is 2.47. The number of rotatable bonds is 2. The Bertz CT molecular complexity index is 305. The van der Waals surface area contributed by atoms with E-state index in [1.165, 1.54) is 7.11 Å². The molecule has 0 fully saturated rings. The molecule has 4 nitrogen and oxygen atoms in total. The van der Waals surface area contributed by atoms with Gasteiger partial charge in [-0.25, -0.2) is 4.79 Å². The van der Waals surface area contributed by atoms with Crippen LogP contribution in [0, 0.1) is 0 Å². The van der Waals surface area contributed by atoms with Crippen molar-refractivity contribution in [1.82, 2.24) is 0 Å². The second kappa shape index (κ2) is 4.25. The number of hydrogen-bond donors (Lipinski definition) is 1. The Balaban J connectivity index is 2.69. The zero-order valence-corrected chi connectivity index (χ0v) is 7.11. The van der Waals surface area contributed by atoms with Gasteiger partial charge in [0.05, 0.1) is 7.11 Å². The summed E-state index contributed by atoms with van der Waals surface area (Å²) in [5.74, 6) is 0. The van der Waals surface area contributed by atoms with Gasteiger partial charge in [0.2, 0.25) is 0 Å². The third-order valence-corrected chi connectivity index (χ3v) is 1.48. The lowest BCUT2D eigenvalue weighted by atomic mass is 10.2. The van der Waals surface area contributed by atoms with E-state index in [-0.39, 0.29) is 0 Å². The van der Waals surface area contributed by atoms with Crippen molar-refractivity contribution in [3.63, 3.8) is 0 Å². The molecule has 0 aliphatic rings. The summed E-state index contributed by atoms with van der Waals surface area (Å²) < 4.78 is 4.39. The number of hydrogen-bond acceptors (Lipinski definition) is 3. The first-order valence-corrected chi connectivity index (χ1v) is 3.66. The molecule has 4 heteroatoms. The van der Waals surface area contributed by atoms with E-state index in [9.17, 15) is 9.59 Å². The summed E-state index contributed by atoms with van der Waals surface area (Å²) in [4.78, 5) is 21.0. The molecule has 0 saturated carbocycles. The maximum absolute atomic E-state index is 10.7. The normalized spacial score (nSPS) is 9.00. The van der Waals surface area contributed by atoms with Gasteiger partial charge in [0.15, 0.2) is 0 Å². The zero-order chi connectivity index (χ0) is 9.68. The average molecular weight is 179 g/mol. The van der Waals surface area contributed by atoms with Crippen molar-refractivity contribution in [2.24, 2.45) is 0 Å². The molecule has 0 aliphatic heterocycles. The first-order chi connectivity index (χ1) is 6.26. The monoisotopic (exact) mass is 179 g/mol. The Kier molecular flexibility index (Phi) is 3.03. The van der Waals surface area contributed by atoms with Gasteiger partial charge in [-0.1, -0.05) is 0 Å². The number of benzene rings is 1. The van der Waals surface area contributed by atoms with Crippen molar-refractivity contribution in [2.45, 2.75) is 0 Å². The van der Waals surface area contributed by atoms with Gasteiger partial charge in [0.1, 0.15) is 6.29 Å². The van der Waals surface area contributed by atoms with Crippen LogP contribution in [0.25, 0.3) is 0 Å². The van der Waals surface area contributed by atoms with Crippen molar-refractivity contribution in [3.05, 3.63) is 29.8 Å². The molecule has 0 spiro atoms. The first kappa shape index (κ1) is 9.25. The Morgan fingerprint density at radius 3 is 2.46 bits per heavy atom. The summed E-state index contributed by atoms with van der Waals surface area (Å²) in [6, 6.07) is 6.47. The van der Waals surface area contributed by atoms with Crippen molar-refractivity contribution >= 4 is 18.1 Å². The first-order valence-electron chi connectivity index (χ1n) is 3.66. The second-order valence-corrected chi connectivity index (χ2v) is 2.36. The molecule has 1 aromatic rings. The number of methoxy groups -OCH3 is 1. The predicted molar refractivity (Wildman–Crippen MR) is 47.9 cm³/mol. The van der Waals surface area contributed by atoms with Crippen LogP contribution in [-0.2, 0) is 4.74 Å². The third-order valence-electron chi connectivity index (χ3n) is 1.48. The Morgan fingerprint density at radius 2 is 2.00 bits per heavy atom. The van der Waals surface area contributed by atoms with E-state index in [2.05, 4.69) is 10.1 Å². The van der Waals surface area contributed by atoms with Gasteiger partial charge < -0.3 is 4.74 Å². The lowest BCUT2D eigenvalue weighted by Crippen LogP contribution is -2.10. The Morgan fingerprint density at radius 1 is 1.38 bits per heavy atom. The number of anilines is 1. The van der Waals surface area contributed by atoms with Gasteiger partial charge in [-0.3, -0.25) is 10.1 Å². The number of carbonyl (C=O) groups excluding carboxylic acids is 2. The van der Waals surface area contributed by atoms with Crippen LogP contribution in [0.5, 0.6) is 0 Å². The van der Waals surface area contributed by atoms with Crippen LogP contribution in [0.4, 0.5) is 10.5 Å². The lowest BCUT2D eigenvalue weighted by molar-refractivity contribution is 0.112. The standard InChI is InChI=1S/C9H9NO3/c1-13-9(12)10-8-4-2-7(6-11)3-5-8/h2-6H,1H3,(H,10,12). The van der Waals surface area contributed by atoms with E-state index in [0.717, 1.165) is 6.29 Å². The topological polar surface area (TPSA) is 55.4 Å². The molecule has 1 aromatic carbocycles. The Hall–Kier alpha value is -1.84. The second-order valence-electron chi connectivity index (χ2n) is 2.36. The zero-order valence-electron chi connectivity index (χ0n) is 7.11. The van der Waals surface area contributed by atoms with Crippen molar-refractivity contribution in [1.29, 1.82) is 0 Å². The van der Waals surface area contributed by atoms with Crippen molar-refractivity contribution < 1.29 is 14.3 Å². The van der Waals surface area contributed by atoms with E-state index in [4.69, 9.17) is 0 Å². The minimum Gasteiger partial charge on any atom is -0.453 e. The average Bonchev–Trinajstić information content (AvgIpc) is 2.19. The molecule has 1 rings (SSSR count). The van der Waals surface area contributed by atoms with Crippen LogP contribution in [0.15, 0.2) is 24.3 Å². The van der Waals surface area contributed by atoms with Gasteiger partial charge in [0, 0.05) is 11.3 Å². The van der Waals surface area contributed by atoms with Crippen LogP contribution >= 0.6 is 0 Å². The van der Waals surface area contributed by atoms with Crippen LogP contribution < -0.4 is 5.32 Å². The highest BCUT2D eigenvalue weighted by molar-refractivity contribution is 5.85. The number of carbonyl (C=O) groups is 2. The van der Waals surface area contributed by atoms with E-state index in [0.29, 0.717) is 11.3 Å². The summed E-state index contributed by atoms with van der Waals surface area (Å²) in [6.07, 6.45) is 0.209. The molecule has 0 radical (unpaired) electrons. The molecule has 68 valence electrons. The maximum Gasteiger partial charge on any atom is 0.411 e. The van der Waals surface area contributed by atoms with Crippen LogP contribution in [0.3, 0.4) is 0 Å². The molecule has 13 heavy (non-hydrogen) atoms. The minimum absolute atomic E-state index is 0.529. The molecule has 0 bridgehead atoms. The van der Waals surface area contributed by atoms with Crippen molar-refractivity contribution in [3.8, 4) is 0 Å². The molecule has 0 heterocycles. The SMILES string of the molecule is COC(=O)Nc1ccc(C=O)cc1. The minimum atomic E-state index is -0.529. The highest BCUT2D eigenvalue weighted by Crippen LogP contribution is 2.07. The highest BCUT2D eigenvalue weighted by atomic mass is 16.5. The van der Waals surface area contributed by atoms with Gasteiger partial charge >= 0.3 is 6.09 Å². The molecule has 0 atom stereocenters. The largest absolute Gasteiger partial charge is 0.453 e. The summed E-state index contributed by atoms with van der Waals surface area (Å²) in [6.45, 7) is 0. The molecule has 0 aromatic heterocycles. The lowest BCUT2D eigenvalue weighted by Gasteiger charge is -2.02. The summed E-state index contributed by atoms with van der Waals surface area (Å²) in [7, 11) is 1.29. The number of ether oxygens (including phenoxy) is 1. The van der Waals surface area contributed by atoms with Gasteiger partial charge in [-0.2, -0.15) is 0 Å². The van der Waals surface area contributed by atoms with Crippen LogP contribution in [0.1, 0.15) is 10.4 Å². The molecular formula is C9H9NO3. The molecule has 1 amide bonds. The van der Waals surface area contributed by atoms with E-state index in [1.54, 1.807) is 24.3 Å².